The smallest absolute Gasteiger partial charge is 0.274 e. The number of piperidine rings is 1. The molecule has 0 saturated carbocycles. The van der Waals surface area contributed by atoms with Crippen molar-refractivity contribution < 1.29 is 9.59 Å². The normalized spacial score (nSPS) is 16.6. The lowest BCUT2D eigenvalue weighted by Gasteiger charge is -2.29. The molecule has 1 unspecified atom stereocenters. The summed E-state index contributed by atoms with van der Waals surface area (Å²) in [5.41, 5.74) is 6.27. The number of hydrogen-bond donors (Lipinski definition) is 2. The first-order chi connectivity index (χ1) is 10.0. The van der Waals surface area contributed by atoms with Gasteiger partial charge in [-0.15, -0.1) is 0 Å². The first-order valence-electron chi connectivity index (χ1n) is 7.45. The first kappa shape index (κ1) is 15.3. The number of carbonyl (C=O) groups excluding carboxylic acids is 2. The number of nitrogens with zero attached hydrogens (tertiary/aromatic N) is 3. The van der Waals surface area contributed by atoms with Crippen LogP contribution in [0.4, 0.5) is 5.69 Å². The monoisotopic (exact) mass is 293 g/mol. The average molecular weight is 293 g/mol. The summed E-state index contributed by atoms with van der Waals surface area (Å²) in [7, 11) is 0. The lowest BCUT2D eigenvalue weighted by atomic mass is 10.1. The molecule has 0 spiro atoms. The van der Waals surface area contributed by atoms with Gasteiger partial charge in [0.2, 0.25) is 5.91 Å². The van der Waals surface area contributed by atoms with E-state index in [2.05, 4.69) is 10.4 Å². The fourth-order valence-electron chi connectivity index (χ4n) is 2.49. The molecule has 0 bridgehead atoms. The molecule has 7 heteroatoms. The molecule has 3 N–H and O–H groups in total. The van der Waals surface area contributed by atoms with Crippen LogP contribution < -0.4 is 11.1 Å². The number of nitrogens with two attached hydrogens (primary N) is 1. The van der Waals surface area contributed by atoms with E-state index in [0.717, 1.165) is 32.4 Å². The third-order valence-corrected chi connectivity index (χ3v) is 3.71. The van der Waals surface area contributed by atoms with E-state index in [4.69, 9.17) is 5.73 Å². The molecular formula is C14H23N5O2. The zero-order valence-corrected chi connectivity index (χ0v) is 12.6. The number of nitrogens with one attached hydrogen (secondary N) is 1. The number of nitrogen functional groups attached to an aromatic ring is 1. The van der Waals surface area contributed by atoms with Gasteiger partial charge in [-0.2, -0.15) is 5.10 Å². The maximum atomic E-state index is 12.3. The third kappa shape index (κ3) is 3.53. The molecule has 2 rings (SSSR count). The predicted molar refractivity (Wildman–Crippen MR) is 79.7 cm³/mol. The maximum Gasteiger partial charge on any atom is 0.274 e. The number of hydrogen-bond acceptors (Lipinski definition) is 4. The van der Waals surface area contributed by atoms with Crippen LogP contribution in [0.1, 0.15) is 43.6 Å². The van der Waals surface area contributed by atoms with E-state index in [1.165, 1.54) is 0 Å². The minimum absolute atomic E-state index is 0.0449. The minimum Gasteiger partial charge on any atom is -0.396 e. The number of rotatable bonds is 4. The van der Waals surface area contributed by atoms with Crippen LogP contribution in [0.15, 0.2) is 6.20 Å². The maximum absolute atomic E-state index is 12.3. The van der Waals surface area contributed by atoms with E-state index >= 15 is 0 Å². The van der Waals surface area contributed by atoms with Crippen molar-refractivity contribution in [1.82, 2.24) is 20.0 Å². The largest absolute Gasteiger partial charge is 0.396 e. The second-order valence-corrected chi connectivity index (χ2v) is 5.37. The van der Waals surface area contributed by atoms with E-state index in [9.17, 15) is 9.59 Å². The number of aromatic nitrogens is 2. The van der Waals surface area contributed by atoms with Gasteiger partial charge in [0.05, 0.1) is 5.69 Å². The summed E-state index contributed by atoms with van der Waals surface area (Å²) in [5.74, 6) is -0.450. The van der Waals surface area contributed by atoms with Crippen molar-refractivity contribution in [2.75, 3.05) is 18.8 Å². The van der Waals surface area contributed by atoms with E-state index in [1.54, 1.807) is 17.8 Å². The Hall–Kier alpha value is -2.05. The summed E-state index contributed by atoms with van der Waals surface area (Å²) in [5, 5.41) is 6.79. The highest BCUT2D eigenvalue weighted by molar-refractivity contribution is 5.99. The Labute approximate surface area is 124 Å². The van der Waals surface area contributed by atoms with Gasteiger partial charge in [0, 0.05) is 25.8 Å². The van der Waals surface area contributed by atoms with Gasteiger partial charge >= 0.3 is 0 Å². The van der Waals surface area contributed by atoms with E-state index < -0.39 is 11.9 Å². The molecule has 1 aliphatic heterocycles. The zero-order chi connectivity index (χ0) is 15.4. The van der Waals surface area contributed by atoms with Crippen LogP contribution in [-0.2, 0) is 11.3 Å². The molecule has 7 nitrogen and oxygen atoms in total. The first-order valence-corrected chi connectivity index (χ1v) is 7.45. The molecule has 0 radical (unpaired) electrons. The number of amides is 2. The molecule has 116 valence electrons. The summed E-state index contributed by atoms with van der Waals surface area (Å²) < 4.78 is 1.60. The fraction of sp³-hybridized carbons (Fsp3) is 0.643. The summed E-state index contributed by atoms with van der Waals surface area (Å²) in [6.07, 6.45) is 4.84. The SMILES string of the molecule is CCn1cc(N)c(C(=O)NC(C)C(=O)N2CCCCC2)n1. The van der Waals surface area contributed by atoms with Crippen LogP contribution in [0.5, 0.6) is 0 Å². The highest BCUT2D eigenvalue weighted by atomic mass is 16.2. The molecule has 1 aliphatic rings. The lowest BCUT2D eigenvalue weighted by molar-refractivity contribution is -0.133. The Morgan fingerprint density at radius 3 is 2.62 bits per heavy atom. The zero-order valence-electron chi connectivity index (χ0n) is 12.6. The van der Waals surface area contributed by atoms with Crippen molar-refractivity contribution in [2.45, 2.75) is 45.7 Å². The Morgan fingerprint density at radius 1 is 1.38 bits per heavy atom. The molecule has 2 amide bonds. The number of likely N-dealkylation sites (tertiary alicyclic amines) is 1. The van der Waals surface area contributed by atoms with Crippen LogP contribution in [0.2, 0.25) is 0 Å². The predicted octanol–water partition coefficient (Wildman–Crippen LogP) is 0.616. The molecule has 1 aromatic rings. The van der Waals surface area contributed by atoms with Gasteiger partial charge in [0.1, 0.15) is 6.04 Å². The number of carbonyl (C=O) groups is 2. The van der Waals surface area contributed by atoms with Crippen molar-refractivity contribution in [1.29, 1.82) is 0 Å². The Kier molecular flexibility index (Phi) is 4.82. The van der Waals surface area contributed by atoms with Crippen LogP contribution in [-0.4, -0.2) is 45.6 Å². The van der Waals surface area contributed by atoms with Gasteiger partial charge < -0.3 is 16.0 Å². The number of anilines is 1. The number of aryl methyl sites for hydroxylation is 1. The van der Waals surface area contributed by atoms with Gasteiger partial charge in [0.25, 0.3) is 5.91 Å². The second-order valence-electron chi connectivity index (χ2n) is 5.37. The summed E-state index contributed by atoms with van der Waals surface area (Å²) in [4.78, 5) is 26.2. The fourth-order valence-corrected chi connectivity index (χ4v) is 2.49. The minimum atomic E-state index is -0.568. The quantitative estimate of drug-likeness (QED) is 0.851. The van der Waals surface area contributed by atoms with Crippen molar-refractivity contribution in [3.63, 3.8) is 0 Å². The van der Waals surface area contributed by atoms with E-state index in [0.29, 0.717) is 12.2 Å². The topological polar surface area (TPSA) is 93.2 Å². The molecular weight excluding hydrogens is 270 g/mol. The highest BCUT2D eigenvalue weighted by Gasteiger charge is 2.25. The Balaban J connectivity index is 1.97. The molecule has 1 aromatic heterocycles. The molecule has 0 aromatic carbocycles. The van der Waals surface area contributed by atoms with Crippen molar-refractivity contribution in [3.8, 4) is 0 Å². The van der Waals surface area contributed by atoms with Crippen LogP contribution >= 0.6 is 0 Å². The van der Waals surface area contributed by atoms with Crippen molar-refractivity contribution in [3.05, 3.63) is 11.9 Å². The van der Waals surface area contributed by atoms with E-state index in [1.807, 2.05) is 11.8 Å². The molecule has 1 saturated heterocycles. The standard InChI is InChI=1S/C14H23N5O2/c1-3-19-9-11(15)12(17-19)13(20)16-10(2)14(21)18-7-5-4-6-8-18/h9-10H,3-8,15H2,1-2H3,(H,16,20). The van der Waals surface area contributed by atoms with Gasteiger partial charge in [-0.3, -0.25) is 14.3 Å². The second kappa shape index (κ2) is 6.60. The van der Waals surface area contributed by atoms with Crippen LogP contribution in [0, 0.1) is 0 Å². The Bertz CT molecular complexity index is 519. The van der Waals surface area contributed by atoms with Crippen LogP contribution in [0.3, 0.4) is 0 Å². The highest BCUT2D eigenvalue weighted by Crippen LogP contribution is 2.12. The third-order valence-electron chi connectivity index (χ3n) is 3.71. The molecule has 1 fully saturated rings. The van der Waals surface area contributed by atoms with Gasteiger partial charge in [0.15, 0.2) is 5.69 Å². The van der Waals surface area contributed by atoms with Crippen molar-refractivity contribution >= 4 is 17.5 Å². The average Bonchev–Trinajstić information content (AvgIpc) is 2.88. The summed E-state index contributed by atoms with van der Waals surface area (Å²) >= 11 is 0. The summed E-state index contributed by atoms with van der Waals surface area (Å²) in [6, 6.07) is -0.568. The van der Waals surface area contributed by atoms with Gasteiger partial charge in [-0.25, -0.2) is 0 Å². The summed E-state index contributed by atoms with van der Waals surface area (Å²) in [6.45, 7) is 5.79. The molecule has 2 heterocycles. The Morgan fingerprint density at radius 2 is 2.05 bits per heavy atom. The van der Waals surface area contributed by atoms with Crippen LogP contribution in [0.25, 0.3) is 0 Å². The lowest BCUT2D eigenvalue weighted by Crippen LogP contribution is -2.48. The molecule has 21 heavy (non-hydrogen) atoms. The van der Waals surface area contributed by atoms with Gasteiger partial charge in [-0.05, 0) is 33.1 Å². The van der Waals surface area contributed by atoms with Gasteiger partial charge in [-0.1, -0.05) is 0 Å². The van der Waals surface area contributed by atoms with Crippen molar-refractivity contribution in [2.24, 2.45) is 0 Å². The molecule has 0 aliphatic carbocycles. The molecule has 1 atom stereocenters. The van der Waals surface area contributed by atoms with E-state index in [-0.39, 0.29) is 11.6 Å².